The third kappa shape index (κ3) is 5.06. The van der Waals surface area contributed by atoms with Crippen LogP contribution in [0.4, 0.5) is 18.0 Å². The number of ether oxygens (including phenoxy) is 1. The molecule has 1 amide bonds. The van der Waals surface area contributed by atoms with Gasteiger partial charge < -0.3 is 15.8 Å². The Bertz CT molecular complexity index is 542. The van der Waals surface area contributed by atoms with Gasteiger partial charge in [-0.2, -0.15) is 13.2 Å². The molecule has 3 N–H and O–H groups in total. The Hall–Kier alpha value is -1.47. The average molecular weight is 339 g/mol. The van der Waals surface area contributed by atoms with Gasteiger partial charge in [-0.05, 0) is 32.9 Å². The molecule has 22 heavy (non-hydrogen) atoms. The van der Waals surface area contributed by atoms with Crippen molar-refractivity contribution >= 4 is 17.7 Å². The molecule has 0 saturated carbocycles. The number of benzene rings is 1. The normalized spacial score (nSPS) is 13.6. The molecule has 0 fully saturated rings. The van der Waals surface area contributed by atoms with Gasteiger partial charge in [0.25, 0.3) is 0 Å². The molecule has 1 aromatic rings. The lowest BCUT2D eigenvalue weighted by Gasteiger charge is -2.25. The van der Waals surface area contributed by atoms with E-state index < -0.39 is 29.5 Å². The maximum Gasteiger partial charge on any atom is 0.416 e. The van der Waals surface area contributed by atoms with Crippen LogP contribution in [0, 0.1) is 0 Å². The largest absolute Gasteiger partial charge is 0.444 e. The minimum atomic E-state index is -4.61. The van der Waals surface area contributed by atoms with Gasteiger partial charge in [0.15, 0.2) is 0 Å². The van der Waals surface area contributed by atoms with Gasteiger partial charge in [0, 0.05) is 17.1 Å². The Morgan fingerprint density at radius 1 is 1.36 bits per heavy atom. The SMILES string of the molecule is CC(C)(C)OC(=O)NC(CN)c1c(Cl)cccc1C(F)(F)F. The smallest absolute Gasteiger partial charge is 0.416 e. The van der Waals surface area contributed by atoms with Crippen LogP contribution in [0.15, 0.2) is 18.2 Å². The highest BCUT2D eigenvalue weighted by Gasteiger charge is 2.36. The number of alkyl carbamates (subject to hydrolysis) is 1. The summed E-state index contributed by atoms with van der Waals surface area (Å²) in [6.07, 6.45) is -5.47. The molecule has 0 heterocycles. The van der Waals surface area contributed by atoms with Crippen LogP contribution >= 0.6 is 11.6 Å². The van der Waals surface area contributed by atoms with Crippen LogP contribution in [0.1, 0.15) is 37.9 Å². The van der Waals surface area contributed by atoms with Crippen LogP contribution < -0.4 is 11.1 Å². The van der Waals surface area contributed by atoms with E-state index in [1.54, 1.807) is 20.8 Å². The second kappa shape index (κ2) is 6.75. The van der Waals surface area contributed by atoms with Gasteiger partial charge in [0.1, 0.15) is 5.60 Å². The molecule has 1 atom stereocenters. The Labute approximate surface area is 131 Å². The summed E-state index contributed by atoms with van der Waals surface area (Å²) in [6.45, 7) is 4.66. The Morgan fingerprint density at radius 2 is 1.95 bits per heavy atom. The molecule has 1 rings (SSSR count). The lowest BCUT2D eigenvalue weighted by molar-refractivity contribution is -0.138. The highest BCUT2D eigenvalue weighted by molar-refractivity contribution is 6.31. The standard InChI is InChI=1S/C14H18ClF3N2O2/c1-13(2,3)22-12(21)20-10(7-19)11-8(14(16,17)18)5-4-6-9(11)15/h4-6,10H,7,19H2,1-3H3,(H,20,21). The number of halogens is 4. The van der Waals surface area contributed by atoms with Crippen LogP contribution in [0.2, 0.25) is 5.02 Å². The number of carbonyl (C=O) groups excluding carboxylic acids is 1. The number of rotatable bonds is 3. The van der Waals surface area contributed by atoms with E-state index in [-0.39, 0.29) is 17.1 Å². The summed E-state index contributed by atoms with van der Waals surface area (Å²) in [5.41, 5.74) is 3.51. The fourth-order valence-corrected chi connectivity index (χ4v) is 2.14. The van der Waals surface area contributed by atoms with Crippen molar-refractivity contribution in [3.63, 3.8) is 0 Å². The van der Waals surface area contributed by atoms with E-state index >= 15 is 0 Å². The van der Waals surface area contributed by atoms with E-state index in [9.17, 15) is 18.0 Å². The number of amides is 1. The Morgan fingerprint density at radius 3 is 2.41 bits per heavy atom. The summed E-state index contributed by atoms with van der Waals surface area (Å²) in [4.78, 5) is 11.8. The predicted molar refractivity (Wildman–Crippen MR) is 77.6 cm³/mol. The van der Waals surface area contributed by atoms with Gasteiger partial charge in [0.2, 0.25) is 0 Å². The molecule has 0 aromatic heterocycles. The van der Waals surface area contributed by atoms with E-state index in [0.29, 0.717) is 0 Å². The van der Waals surface area contributed by atoms with Gasteiger partial charge >= 0.3 is 12.3 Å². The molecule has 8 heteroatoms. The highest BCUT2D eigenvalue weighted by Crippen LogP contribution is 2.37. The van der Waals surface area contributed by atoms with Crippen molar-refractivity contribution < 1.29 is 22.7 Å². The molecule has 4 nitrogen and oxygen atoms in total. The van der Waals surface area contributed by atoms with Crippen LogP contribution in [-0.4, -0.2) is 18.2 Å². The topological polar surface area (TPSA) is 64.3 Å². The lowest BCUT2D eigenvalue weighted by atomic mass is 9.99. The maximum atomic E-state index is 13.1. The molecule has 0 bridgehead atoms. The summed E-state index contributed by atoms with van der Waals surface area (Å²) in [5.74, 6) is 0. The van der Waals surface area contributed by atoms with Gasteiger partial charge in [-0.25, -0.2) is 4.79 Å². The van der Waals surface area contributed by atoms with Crippen molar-refractivity contribution in [1.82, 2.24) is 5.32 Å². The number of alkyl halides is 3. The van der Waals surface area contributed by atoms with Crippen molar-refractivity contribution in [2.24, 2.45) is 5.73 Å². The first-order chi connectivity index (χ1) is 9.95. The number of carbonyl (C=O) groups is 1. The third-order valence-electron chi connectivity index (χ3n) is 2.63. The van der Waals surface area contributed by atoms with Crippen LogP contribution in [0.5, 0.6) is 0 Å². The molecule has 0 aliphatic heterocycles. The predicted octanol–water partition coefficient (Wildman–Crippen LogP) is 3.88. The van der Waals surface area contributed by atoms with Gasteiger partial charge in [-0.1, -0.05) is 17.7 Å². The third-order valence-corrected chi connectivity index (χ3v) is 2.96. The fraction of sp³-hybridized carbons (Fsp3) is 0.500. The molecule has 0 aliphatic carbocycles. The molecular weight excluding hydrogens is 321 g/mol. The molecule has 1 unspecified atom stereocenters. The first kappa shape index (κ1) is 18.6. The van der Waals surface area contributed by atoms with Crippen molar-refractivity contribution in [3.05, 3.63) is 34.3 Å². The molecule has 0 aliphatic rings. The van der Waals surface area contributed by atoms with E-state index in [0.717, 1.165) is 6.07 Å². The summed E-state index contributed by atoms with van der Waals surface area (Å²) in [5, 5.41) is 2.20. The molecule has 1 aromatic carbocycles. The first-order valence-corrected chi connectivity index (χ1v) is 6.88. The number of hydrogen-bond donors (Lipinski definition) is 2. The van der Waals surface area contributed by atoms with Crippen molar-refractivity contribution in [3.8, 4) is 0 Å². The zero-order valence-corrected chi connectivity index (χ0v) is 13.2. The Kier molecular flexibility index (Phi) is 5.70. The Balaban J connectivity index is 3.13. The summed E-state index contributed by atoms with van der Waals surface area (Å²) in [6, 6.07) is 2.28. The molecule has 0 spiro atoms. The van der Waals surface area contributed by atoms with Crippen LogP contribution in [-0.2, 0) is 10.9 Å². The van der Waals surface area contributed by atoms with E-state index in [1.807, 2.05) is 0 Å². The molecule has 0 saturated heterocycles. The second-order valence-corrected chi connectivity index (χ2v) is 6.04. The molecular formula is C14H18ClF3N2O2. The molecule has 124 valence electrons. The maximum absolute atomic E-state index is 13.1. The summed E-state index contributed by atoms with van der Waals surface area (Å²) < 4.78 is 44.3. The van der Waals surface area contributed by atoms with Gasteiger partial charge in [-0.3, -0.25) is 0 Å². The average Bonchev–Trinajstić information content (AvgIpc) is 2.32. The monoisotopic (exact) mass is 338 g/mol. The fourth-order valence-electron chi connectivity index (χ4n) is 1.84. The van der Waals surface area contributed by atoms with Gasteiger partial charge in [-0.15, -0.1) is 0 Å². The van der Waals surface area contributed by atoms with Crippen LogP contribution in [0.3, 0.4) is 0 Å². The van der Waals surface area contributed by atoms with Crippen molar-refractivity contribution in [2.75, 3.05) is 6.54 Å². The van der Waals surface area contributed by atoms with E-state index in [1.165, 1.54) is 12.1 Å². The zero-order chi connectivity index (χ0) is 17.1. The lowest BCUT2D eigenvalue weighted by Crippen LogP contribution is -2.38. The summed E-state index contributed by atoms with van der Waals surface area (Å²) >= 11 is 5.88. The second-order valence-electron chi connectivity index (χ2n) is 5.63. The quantitative estimate of drug-likeness (QED) is 0.879. The highest BCUT2D eigenvalue weighted by atomic mass is 35.5. The summed E-state index contributed by atoms with van der Waals surface area (Å²) in [7, 11) is 0. The van der Waals surface area contributed by atoms with E-state index in [4.69, 9.17) is 22.1 Å². The van der Waals surface area contributed by atoms with Gasteiger partial charge in [0.05, 0.1) is 11.6 Å². The number of nitrogens with two attached hydrogens (primary N) is 1. The zero-order valence-electron chi connectivity index (χ0n) is 12.4. The first-order valence-electron chi connectivity index (χ1n) is 6.51. The van der Waals surface area contributed by atoms with Crippen molar-refractivity contribution in [2.45, 2.75) is 38.6 Å². The number of nitrogens with one attached hydrogen (secondary N) is 1. The van der Waals surface area contributed by atoms with Crippen LogP contribution in [0.25, 0.3) is 0 Å². The van der Waals surface area contributed by atoms with E-state index in [2.05, 4.69) is 5.32 Å². The minimum Gasteiger partial charge on any atom is -0.444 e. The number of hydrogen-bond acceptors (Lipinski definition) is 3. The minimum absolute atomic E-state index is 0.124. The van der Waals surface area contributed by atoms with Crippen molar-refractivity contribution in [1.29, 1.82) is 0 Å². The molecule has 0 radical (unpaired) electrons.